The van der Waals surface area contributed by atoms with Crippen LogP contribution in [-0.4, -0.2) is 67.7 Å². The number of anilines is 3. The maximum absolute atomic E-state index is 14.7. The highest BCUT2D eigenvalue weighted by molar-refractivity contribution is 7.92. The summed E-state index contributed by atoms with van der Waals surface area (Å²) in [5.41, 5.74) is -2.95. The van der Waals surface area contributed by atoms with Gasteiger partial charge in [-0.15, -0.1) is 0 Å². The van der Waals surface area contributed by atoms with Crippen LogP contribution in [0, 0.1) is 17.8 Å². The number of halogens is 3. The van der Waals surface area contributed by atoms with Gasteiger partial charge >= 0.3 is 12.1 Å². The lowest BCUT2D eigenvalue weighted by atomic mass is 9.76. The second-order valence-corrected chi connectivity index (χ2v) is 16.2. The summed E-state index contributed by atoms with van der Waals surface area (Å²) < 4.78 is 77.7. The molecule has 11 nitrogen and oxygen atoms in total. The van der Waals surface area contributed by atoms with E-state index < -0.39 is 56.2 Å². The van der Waals surface area contributed by atoms with Crippen molar-refractivity contribution in [1.82, 2.24) is 15.3 Å². The van der Waals surface area contributed by atoms with Crippen LogP contribution >= 0.6 is 0 Å². The Morgan fingerprint density at radius 2 is 1.80 bits per heavy atom. The lowest BCUT2D eigenvalue weighted by molar-refractivity contribution is -0.146. The second-order valence-electron chi connectivity index (χ2n) is 14.2. The van der Waals surface area contributed by atoms with Crippen LogP contribution in [0.5, 0.6) is 0 Å². The maximum Gasteiger partial charge on any atom is 0.434 e. The number of ether oxygens (including phenoxy) is 1. The number of benzene rings is 2. The molecule has 1 saturated heterocycles. The SMILES string of the molecule is CC1CC2CC(C1)C(NC(=O)c1cnc(N3CC4(CCOCC4)c4cc(N(C)S(=O)(=O)c5ccccc5)ccc43)nc1C(F)(F)F)(C(=O)O)C2. The number of sulfonamides is 1. The molecule has 3 aromatic rings. The molecule has 1 spiro atoms. The monoisotopic (exact) mass is 713 g/mol. The van der Waals surface area contributed by atoms with E-state index in [0.717, 1.165) is 18.2 Å². The molecule has 3 fully saturated rings. The quantitative estimate of drug-likeness (QED) is 0.323. The van der Waals surface area contributed by atoms with Crippen LogP contribution in [0.15, 0.2) is 59.6 Å². The second kappa shape index (κ2) is 12.2. The third-order valence-corrected chi connectivity index (χ3v) is 12.9. The first-order valence-electron chi connectivity index (χ1n) is 16.7. The third-order valence-electron chi connectivity index (χ3n) is 11.1. The fraction of sp³-hybridized carbons (Fsp3) is 0.486. The van der Waals surface area contributed by atoms with Crippen molar-refractivity contribution in [3.63, 3.8) is 0 Å². The molecular formula is C35H38F3N5O6S. The molecule has 4 unspecified atom stereocenters. The summed E-state index contributed by atoms with van der Waals surface area (Å²) in [6.45, 7) is 3.02. The van der Waals surface area contributed by atoms with E-state index in [9.17, 15) is 36.3 Å². The van der Waals surface area contributed by atoms with Crippen LogP contribution in [0.1, 0.15) is 67.1 Å². The standard InChI is InChI=1S/C35H38F3N5O6S/c1-21-14-22-16-23(15-21)34(18-22,31(45)46)41-30(44)26-19-39-32(40-29(26)35(36,37)38)43-20-33(10-12-49-13-11-33)27-17-24(8-9-28(27)43)42(2)50(47,48)25-6-4-3-5-7-25/h3-9,17,19,21-23H,10-16,18,20H2,1-2H3,(H,41,44)(H,45,46). The molecule has 2 saturated carbocycles. The molecule has 50 heavy (non-hydrogen) atoms. The van der Waals surface area contributed by atoms with Gasteiger partial charge in [0.15, 0.2) is 5.69 Å². The van der Waals surface area contributed by atoms with Crippen LogP contribution in [-0.2, 0) is 31.1 Å². The lowest BCUT2D eigenvalue weighted by Crippen LogP contribution is -2.57. The molecule has 2 bridgehead atoms. The average Bonchev–Trinajstić information content (AvgIpc) is 3.54. The Labute approximate surface area is 287 Å². The summed E-state index contributed by atoms with van der Waals surface area (Å²) in [6.07, 6.45) is -1.07. The van der Waals surface area contributed by atoms with E-state index in [1.165, 1.54) is 23.5 Å². The van der Waals surface area contributed by atoms with Crippen LogP contribution < -0.4 is 14.5 Å². The molecule has 266 valence electrons. The maximum atomic E-state index is 14.7. The van der Waals surface area contributed by atoms with Gasteiger partial charge in [-0.3, -0.25) is 9.10 Å². The summed E-state index contributed by atoms with van der Waals surface area (Å²) in [7, 11) is -2.46. The third kappa shape index (κ3) is 5.67. The molecule has 2 N–H and O–H groups in total. The largest absolute Gasteiger partial charge is 0.479 e. The van der Waals surface area contributed by atoms with Crippen molar-refractivity contribution >= 4 is 39.2 Å². The molecule has 4 atom stereocenters. The first kappa shape index (κ1) is 34.2. The van der Waals surface area contributed by atoms with Crippen molar-refractivity contribution in [3.8, 4) is 0 Å². The number of nitrogens with one attached hydrogen (secondary N) is 1. The number of hydrogen-bond donors (Lipinski definition) is 2. The van der Waals surface area contributed by atoms with Crippen molar-refractivity contribution < 1.29 is 41.0 Å². The molecule has 7 rings (SSSR count). The number of rotatable bonds is 7. The van der Waals surface area contributed by atoms with Crippen LogP contribution in [0.25, 0.3) is 0 Å². The van der Waals surface area contributed by atoms with E-state index in [2.05, 4.69) is 15.3 Å². The molecule has 4 aliphatic rings. The Balaban J connectivity index is 1.25. The Morgan fingerprint density at radius 1 is 1.08 bits per heavy atom. The van der Waals surface area contributed by atoms with Crippen molar-refractivity contribution in [2.45, 2.75) is 67.5 Å². The van der Waals surface area contributed by atoms with E-state index in [4.69, 9.17) is 4.74 Å². The average molecular weight is 714 g/mol. The van der Waals surface area contributed by atoms with Crippen LogP contribution in [0.3, 0.4) is 0 Å². The number of aliphatic carboxylic acids is 1. The smallest absolute Gasteiger partial charge is 0.434 e. The van der Waals surface area contributed by atoms with Gasteiger partial charge in [-0.05, 0) is 92.2 Å². The fourth-order valence-corrected chi connectivity index (χ4v) is 9.88. The Kier molecular flexibility index (Phi) is 8.36. The number of nitrogens with zero attached hydrogens (tertiary/aromatic N) is 4. The molecule has 1 aromatic heterocycles. The molecule has 15 heteroatoms. The topological polar surface area (TPSA) is 142 Å². The van der Waals surface area contributed by atoms with Crippen molar-refractivity contribution in [1.29, 1.82) is 0 Å². The minimum Gasteiger partial charge on any atom is -0.479 e. The number of carbonyl (C=O) groups excluding carboxylic acids is 1. The molecule has 2 aliphatic heterocycles. The summed E-state index contributed by atoms with van der Waals surface area (Å²) >= 11 is 0. The van der Waals surface area contributed by atoms with Gasteiger partial charge in [0.2, 0.25) is 5.95 Å². The highest BCUT2D eigenvalue weighted by atomic mass is 32.2. The van der Waals surface area contributed by atoms with E-state index in [1.54, 1.807) is 41.3 Å². The zero-order valence-electron chi connectivity index (χ0n) is 27.6. The molecule has 2 aromatic carbocycles. The zero-order valence-corrected chi connectivity index (χ0v) is 28.4. The number of alkyl halides is 3. The number of aromatic nitrogens is 2. The van der Waals surface area contributed by atoms with Gasteiger partial charge in [-0.1, -0.05) is 25.1 Å². The van der Waals surface area contributed by atoms with E-state index in [1.807, 2.05) is 6.92 Å². The first-order chi connectivity index (χ1) is 23.6. The van der Waals surface area contributed by atoms with Crippen LogP contribution in [0.4, 0.5) is 30.5 Å². The Hall–Kier alpha value is -4.24. The predicted molar refractivity (Wildman–Crippen MR) is 177 cm³/mol. The Morgan fingerprint density at radius 3 is 2.48 bits per heavy atom. The van der Waals surface area contributed by atoms with Gasteiger partial charge in [0, 0.05) is 44.1 Å². The summed E-state index contributed by atoms with van der Waals surface area (Å²) in [5, 5.41) is 12.8. The summed E-state index contributed by atoms with van der Waals surface area (Å²) in [6, 6.07) is 13.0. The van der Waals surface area contributed by atoms with Gasteiger partial charge < -0.3 is 20.1 Å². The van der Waals surface area contributed by atoms with Gasteiger partial charge in [0.1, 0.15) is 5.54 Å². The summed E-state index contributed by atoms with van der Waals surface area (Å²) in [5.74, 6) is -2.80. The number of fused-ring (bicyclic) bond motifs is 4. The van der Waals surface area contributed by atoms with E-state index >= 15 is 0 Å². The highest BCUT2D eigenvalue weighted by Crippen LogP contribution is 2.52. The lowest BCUT2D eigenvalue weighted by Gasteiger charge is -2.34. The zero-order chi connectivity index (χ0) is 35.6. The van der Waals surface area contributed by atoms with Crippen molar-refractivity contribution in [3.05, 3.63) is 71.5 Å². The number of carboxylic acid groups (broad SMARTS) is 1. The molecule has 1 amide bonds. The highest BCUT2D eigenvalue weighted by Gasteiger charge is 2.57. The number of amides is 1. The number of hydrogen-bond acceptors (Lipinski definition) is 8. The van der Waals surface area contributed by atoms with Gasteiger partial charge in [-0.25, -0.2) is 23.2 Å². The predicted octanol–water partition coefficient (Wildman–Crippen LogP) is 5.53. The number of carboxylic acids is 1. The van der Waals surface area contributed by atoms with E-state index in [-0.39, 0.29) is 35.6 Å². The van der Waals surface area contributed by atoms with Crippen molar-refractivity contribution in [2.24, 2.45) is 17.8 Å². The Bertz CT molecular complexity index is 1940. The van der Waals surface area contributed by atoms with E-state index in [0.29, 0.717) is 50.3 Å². The molecule has 0 radical (unpaired) electrons. The minimum absolute atomic E-state index is 0.0624. The fourth-order valence-electron chi connectivity index (χ4n) is 8.67. The minimum atomic E-state index is -5.06. The van der Waals surface area contributed by atoms with Gasteiger partial charge in [-0.2, -0.15) is 13.2 Å². The normalized spacial score (nSPS) is 25.7. The summed E-state index contributed by atoms with van der Waals surface area (Å²) in [4.78, 5) is 36.0. The van der Waals surface area contributed by atoms with Crippen molar-refractivity contribution in [2.75, 3.05) is 36.0 Å². The van der Waals surface area contributed by atoms with Gasteiger partial charge in [0.25, 0.3) is 15.9 Å². The molecule has 3 heterocycles. The molecular weight excluding hydrogens is 675 g/mol. The van der Waals surface area contributed by atoms with Gasteiger partial charge in [0.05, 0.1) is 16.1 Å². The number of carbonyl (C=O) groups is 2. The van der Waals surface area contributed by atoms with Crippen LogP contribution in [0.2, 0.25) is 0 Å². The first-order valence-corrected chi connectivity index (χ1v) is 18.1. The molecule has 2 aliphatic carbocycles.